The number of fused-ring (bicyclic) bond motifs is 1. The first-order chi connectivity index (χ1) is 15.1. The molecule has 7 nitrogen and oxygen atoms in total. The molecule has 1 amide bonds. The van der Waals surface area contributed by atoms with Gasteiger partial charge in [0.05, 0.1) is 11.6 Å². The highest BCUT2D eigenvalue weighted by molar-refractivity contribution is 5.76. The molecule has 2 aromatic carbocycles. The summed E-state index contributed by atoms with van der Waals surface area (Å²) in [5.74, 6) is -0.417. The van der Waals surface area contributed by atoms with Gasteiger partial charge in [-0.05, 0) is 42.5 Å². The van der Waals surface area contributed by atoms with E-state index in [1.54, 1.807) is 10.6 Å². The first-order valence-electron chi connectivity index (χ1n) is 10.9. The Bertz CT molecular complexity index is 1060. The zero-order valence-electron chi connectivity index (χ0n) is 17.6. The van der Waals surface area contributed by atoms with Gasteiger partial charge in [0.15, 0.2) is 5.58 Å². The van der Waals surface area contributed by atoms with E-state index in [1.165, 1.54) is 5.56 Å². The normalized spacial score (nSPS) is 15.4. The molecule has 1 aliphatic heterocycles. The van der Waals surface area contributed by atoms with Gasteiger partial charge < -0.3 is 14.8 Å². The Balaban J connectivity index is 1.20. The van der Waals surface area contributed by atoms with Crippen LogP contribution < -0.4 is 11.1 Å². The summed E-state index contributed by atoms with van der Waals surface area (Å²) in [5.41, 5.74) is 3.62. The maximum atomic E-state index is 12.2. The van der Waals surface area contributed by atoms with Crippen molar-refractivity contribution in [2.24, 2.45) is 0 Å². The lowest BCUT2D eigenvalue weighted by Gasteiger charge is -2.29. The number of carbonyl (C=O) groups is 1. The van der Waals surface area contributed by atoms with Crippen molar-refractivity contribution in [2.75, 3.05) is 13.1 Å². The minimum Gasteiger partial charge on any atom is -0.408 e. The van der Waals surface area contributed by atoms with Gasteiger partial charge in [0.1, 0.15) is 0 Å². The summed E-state index contributed by atoms with van der Waals surface area (Å²) in [4.78, 5) is 26.5. The summed E-state index contributed by atoms with van der Waals surface area (Å²) in [7, 11) is 0. The van der Waals surface area contributed by atoms with Crippen LogP contribution in [0.2, 0.25) is 0 Å². The lowest BCUT2D eigenvalue weighted by Crippen LogP contribution is -2.35. The van der Waals surface area contributed by atoms with E-state index in [0.717, 1.165) is 43.6 Å². The Kier molecular flexibility index (Phi) is 6.84. The molecule has 3 aromatic rings. The van der Waals surface area contributed by atoms with Crippen molar-refractivity contribution in [1.82, 2.24) is 14.8 Å². The van der Waals surface area contributed by atoms with Crippen molar-refractivity contribution in [2.45, 2.75) is 51.4 Å². The predicted molar refractivity (Wildman–Crippen MR) is 119 cm³/mol. The minimum atomic E-state index is -0.387. The smallest absolute Gasteiger partial charge is 0.408 e. The number of nitrogens with zero attached hydrogens (tertiary/aromatic N) is 2. The average molecular weight is 424 g/mol. The van der Waals surface area contributed by atoms with Crippen LogP contribution in [0, 0.1) is 0 Å². The molecular formula is C24H29N3O4. The van der Waals surface area contributed by atoms with Crippen LogP contribution in [0.15, 0.2) is 57.7 Å². The third kappa shape index (κ3) is 5.62. The van der Waals surface area contributed by atoms with E-state index in [9.17, 15) is 14.7 Å². The predicted octanol–water partition coefficient (Wildman–Crippen LogP) is 2.65. The Morgan fingerprint density at radius 1 is 1.06 bits per heavy atom. The van der Waals surface area contributed by atoms with E-state index in [0.29, 0.717) is 31.5 Å². The number of hydrogen-bond acceptors (Lipinski definition) is 5. The van der Waals surface area contributed by atoms with E-state index in [2.05, 4.69) is 22.3 Å². The van der Waals surface area contributed by atoms with Gasteiger partial charge in [-0.2, -0.15) is 0 Å². The minimum absolute atomic E-state index is 0.0307. The van der Waals surface area contributed by atoms with Gasteiger partial charge in [-0.3, -0.25) is 14.3 Å². The van der Waals surface area contributed by atoms with Crippen LogP contribution in [0.4, 0.5) is 0 Å². The van der Waals surface area contributed by atoms with E-state index in [-0.39, 0.29) is 17.8 Å². The van der Waals surface area contributed by atoms with E-state index in [1.807, 2.05) is 30.3 Å². The summed E-state index contributed by atoms with van der Waals surface area (Å²) < 4.78 is 6.79. The van der Waals surface area contributed by atoms with Crippen molar-refractivity contribution in [3.8, 4) is 0 Å². The summed E-state index contributed by atoms with van der Waals surface area (Å²) in [5, 5.41) is 12.6. The molecule has 1 fully saturated rings. The number of aromatic nitrogens is 1. The van der Waals surface area contributed by atoms with Crippen LogP contribution in [-0.2, 0) is 24.4 Å². The Hall–Kier alpha value is -2.90. The van der Waals surface area contributed by atoms with Crippen LogP contribution in [0.25, 0.3) is 11.1 Å². The number of piperidine rings is 1. The third-order valence-corrected chi connectivity index (χ3v) is 5.84. The topological polar surface area (TPSA) is 87.7 Å². The van der Waals surface area contributed by atoms with E-state index >= 15 is 0 Å². The van der Waals surface area contributed by atoms with Crippen LogP contribution in [0.3, 0.4) is 0 Å². The Morgan fingerprint density at radius 2 is 1.77 bits per heavy atom. The van der Waals surface area contributed by atoms with Crippen molar-refractivity contribution >= 4 is 17.0 Å². The van der Waals surface area contributed by atoms with E-state index < -0.39 is 0 Å². The molecule has 2 N–H and O–H groups in total. The number of nitrogens with one attached hydrogen (secondary N) is 1. The second-order valence-corrected chi connectivity index (χ2v) is 8.19. The van der Waals surface area contributed by atoms with Crippen LogP contribution in [0.5, 0.6) is 0 Å². The number of para-hydroxylation sites is 2. The molecule has 0 unspecified atom stereocenters. The molecular weight excluding hydrogens is 394 g/mol. The maximum Gasteiger partial charge on any atom is 0.419 e. The van der Waals surface area contributed by atoms with Gasteiger partial charge in [-0.25, -0.2) is 4.79 Å². The molecule has 0 spiro atoms. The SMILES string of the molecule is O=C(CCCn1c(=O)oc2ccccc21)NCc1ccc(CN2CCC(O)CC2)cc1. The van der Waals surface area contributed by atoms with Crippen molar-refractivity contribution in [1.29, 1.82) is 0 Å². The maximum absolute atomic E-state index is 12.2. The molecule has 2 heterocycles. The van der Waals surface area contributed by atoms with Gasteiger partial charge in [-0.15, -0.1) is 0 Å². The first-order valence-corrected chi connectivity index (χ1v) is 10.9. The fraction of sp³-hybridized carbons (Fsp3) is 0.417. The summed E-state index contributed by atoms with van der Waals surface area (Å²) in [6.45, 7) is 3.69. The highest BCUT2D eigenvalue weighted by atomic mass is 16.4. The number of likely N-dealkylation sites (tertiary alicyclic amines) is 1. The number of aryl methyl sites for hydroxylation is 1. The molecule has 0 saturated carbocycles. The fourth-order valence-electron chi connectivity index (χ4n) is 4.01. The molecule has 4 rings (SSSR count). The summed E-state index contributed by atoms with van der Waals surface area (Å²) >= 11 is 0. The second-order valence-electron chi connectivity index (χ2n) is 8.19. The number of rotatable bonds is 8. The molecule has 0 bridgehead atoms. The number of benzene rings is 2. The van der Waals surface area contributed by atoms with Crippen molar-refractivity contribution in [3.05, 3.63) is 70.2 Å². The molecule has 1 aromatic heterocycles. The van der Waals surface area contributed by atoms with Gasteiger partial charge in [0.25, 0.3) is 0 Å². The molecule has 0 aliphatic carbocycles. The second kappa shape index (κ2) is 9.94. The van der Waals surface area contributed by atoms with Gasteiger partial charge in [-0.1, -0.05) is 36.4 Å². The highest BCUT2D eigenvalue weighted by Gasteiger charge is 2.16. The standard InChI is InChI=1S/C24H29N3O4/c28-20-11-14-26(15-12-20)17-19-9-7-18(8-10-19)16-25-23(29)6-3-13-27-21-4-1-2-5-22(21)31-24(27)30/h1-2,4-5,7-10,20,28H,3,6,11-17H2,(H,25,29). The average Bonchev–Trinajstić information content (AvgIpc) is 3.10. The van der Waals surface area contributed by atoms with Gasteiger partial charge in [0, 0.05) is 39.1 Å². The van der Waals surface area contributed by atoms with Crippen LogP contribution in [-0.4, -0.2) is 39.7 Å². The Labute approximate surface area is 181 Å². The largest absolute Gasteiger partial charge is 0.419 e. The highest BCUT2D eigenvalue weighted by Crippen LogP contribution is 2.15. The lowest BCUT2D eigenvalue weighted by atomic mass is 10.1. The van der Waals surface area contributed by atoms with Gasteiger partial charge in [0.2, 0.25) is 5.91 Å². The fourth-order valence-corrected chi connectivity index (χ4v) is 4.01. The Morgan fingerprint density at radius 3 is 2.55 bits per heavy atom. The van der Waals surface area contributed by atoms with Gasteiger partial charge >= 0.3 is 5.76 Å². The number of aliphatic hydroxyl groups is 1. The molecule has 164 valence electrons. The van der Waals surface area contributed by atoms with E-state index in [4.69, 9.17) is 4.42 Å². The zero-order chi connectivity index (χ0) is 21.6. The van der Waals surface area contributed by atoms with Crippen molar-refractivity contribution in [3.63, 3.8) is 0 Å². The summed E-state index contributed by atoms with van der Waals surface area (Å²) in [6, 6.07) is 15.6. The van der Waals surface area contributed by atoms with Crippen LogP contribution >= 0.6 is 0 Å². The molecule has 1 aliphatic rings. The molecule has 31 heavy (non-hydrogen) atoms. The third-order valence-electron chi connectivity index (χ3n) is 5.84. The zero-order valence-corrected chi connectivity index (χ0v) is 17.6. The number of hydrogen-bond donors (Lipinski definition) is 2. The molecule has 0 atom stereocenters. The number of oxazole rings is 1. The summed E-state index contributed by atoms with van der Waals surface area (Å²) in [6.07, 6.45) is 2.46. The first kappa shape index (κ1) is 21.3. The monoisotopic (exact) mass is 423 g/mol. The number of aliphatic hydroxyl groups excluding tert-OH is 1. The molecule has 0 radical (unpaired) electrons. The quantitative estimate of drug-likeness (QED) is 0.582. The lowest BCUT2D eigenvalue weighted by molar-refractivity contribution is -0.121. The van der Waals surface area contributed by atoms with Crippen LogP contribution in [0.1, 0.15) is 36.8 Å². The van der Waals surface area contributed by atoms with Crippen molar-refractivity contribution < 1.29 is 14.3 Å². The molecule has 1 saturated heterocycles. The number of carbonyl (C=O) groups excluding carboxylic acids is 1. The molecule has 7 heteroatoms. The number of amides is 1.